The number of hydrogen-bond donors (Lipinski definition) is 1. The summed E-state index contributed by atoms with van der Waals surface area (Å²) in [4.78, 5) is 17.0. The summed E-state index contributed by atoms with van der Waals surface area (Å²) in [5.41, 5.74) is 2.24. The number of hydrogen-bond acceptors (Lipinski definition) is 4. The van der Waals surface area contributed by atoms with Gasteiger partial charge in [0.05, 0.1) is 21.8 Å². The zero-order chi connectivity index (χ0) is 19.8. The van der Waals surface area contributed by atoms with Crippen LogP contribution in [0.2, 0.25) is 0 Å². The average molecular weight is 393 g/mol. The number of rotatable bonds is 7. The highest BCUT2D eigenvalue weighted by molar-refractivity contribution is 7.18. The largest absolute Gasteiger partial charge is 0.493 e. The third-order valence-corrected chi connectivity index (χ3v) is 5.06. The Morgan fingerprint density at radius 1 is 1.18 bits per heavy atom. The number of unbranched alkanes of at least 4 members (excludes halogenated alkanes) is 2. The number of nitrogens with zero attached hydrogens (tertiary/aromatic N) is 1. The van der Waals surface area contributed by atoms with E-state index in [1.54, 1.807) is 17.4 Å². The van der Waals surface area contributed by atoms with E-state index in [1.807, 2.05) is 43.3 Å². The molecule has 0 unspecified atom stereocenters. The zero-order valence-corrected chi connectivity index (χ0v) is 17.1. The minimum Gasteiger partial charge on any atom is -0.493 e. The molecule has 0 radical (unpaired) electrons. The summed E-state index contributed by atoms with van der Waals surface area (Å²) in [5, 5.41) is 3.93. The van der Waals surface area contributed by atoms with Gasteiger partial charge in [0.15, 0.2) is 0 Å². The summed E-state index contributed by atoms with van der Waals surface area (Å²) < 4.78 is 6.76. The van der Waals surface area contributed by atoms with Crippen molar-refractivity contribution in [2.45, 2.75) is 39.5 Å². The fourth-order valence-electron chi connectivity index (χ4n) is 2.71. The van der Waals surface area contributed by atoms with Crippen molar-refractivity contribution in [2.75, 3.05) is 11.9 Å². The predicted molar refractivity (Wildman–Crippen MR) is 116 cm³/mol. The lowest BCUT2D eigenvalue weighted by molar-refractivity contribution is 0.102. The Balaban J connectivity index is 1.56. The van der Waals surface area contributed by atoms with Crippen LogP contribution in [0.3, 0.4) is 0 Å². The predicted octanol–water partition coefficient (Wildman–Crippen LogP) is 5.82. The molecule has 1 heterocycles. The first-order valence-corrected chi connectivity index (χ1v) is 10.3. The number of amides is 1. The van der Waals surface area contributed by atoms with E-state index in [4.69, 9.17) is 4.74 Å². The van der Waals surface area contributed by atoms with Crippen LogP contribution >= 0.6 is 11.3 Å². The van der Waals surface area contributed by atoms with Crippen LogP contribution < -0.4 is 10.1 Å². The molecule has 0 saturated heterocycles. The molecule has 0 fully saturated rings. The Labute approximate surface area is 170 Å². The van der Waals surface area contributed by atoms with Gasteiger partial charge in [0.25, 0.3) is 5.91 Å². The van der Waals surface area contributed by atoms with Gasteiger partial charge >= 0.3 is 0 Å². The highest BCUT2D eigenvalue weighted by Crippen LogP contribution is 2.24. The van der Waals surface area contributed by atoms with Crippen molar-refractivity contribution in [1.82, 2.24) is 4.98 Å². The van der Waals surface area contributed by atoms with Gasteiger partial charge in [-0.3, -0.25) is 4.79 Å². The third-order valence-electron chi connectivity index (χ3n) is 4.13. The Morgan fingerprint density at radius 3 is 2.89 bits per heavy atom. The average Bonchev–Trinajstić information content (AvgIpc) is 3.06. The van der Waals surface area contributed by atoms with Crippen molar-refractivity contribution in [1.29, 1.82) is 0 Å². The van der Waals surface area contributed by atoms with E-state index in [0.717, 1.165) is 33.8 Å². The lowest BCUT2D eigenvalue weighted by atomic mass is 10.2. The highest BCUT2D eigenvalue weighted by Gasteiger charge is 2.09. The zero-order valence-electron chi connectivity index (χ0n) is 16.2. The van der Waals surface area contributed by atoms with E-state index in [2.05, 4.69) is 29.1 Å². The smallest absolute Gasteiger partial charge is 0.255 e. The van der Waals surface area contributed by atoms with E-state index in [0.29, 0.717) is 24.3 Å². The van der Waals surface area contributed by atoms with Crippen LogP contribution in [0, 0.1) is 18.8 Å². The van der Waals surface area contributed by atoms with Crippen molar-refractivity contribution in [3.63, 3.8) is 0 Å². The first-order valence-electron chi connectivity index (χ1n) is 9.53. The maximum absolute atomic E-state index is 12.6. The van der Waals surface area contributed by atoms with Gasteiger partial charge in [-0.1, -0.05) is 25.3 Å². The molecule has 3 aromatic rings. The highest BCUT2D eigenvalue weighted by atomic mass is 32.1. The molecule has 2 aromatic carbocycles. The minimum atomic E-state index is -0.146. The van der Waals surface area contributed by atoms with Gasteiger partial charge in [0, 0.05) is 30.2 Å². The molecule has 0 bridgehead atoms. The number of ether oxygens (including phenoxy) is 1. The van der Waals surface area contributed by atoms with Crippen LogP contribution in [-0.2, 0) is 0 Å². The number of nitrogens with one attached hydrogen (secondary N) is 1. The van der Waals surface area contributed by atoms with Gasteiger partial charge in [0.2, 0.25) is 0 Å². The molecule has 1 N–H and O–H groups in total. The molecular formula is C23H24N2O2S. The van der Waals surface area contributed by atoms with Gasteiger partial charge in [-0.2, -0.15) is 0 Å². The second-order valence-electron chi connectivity index (χ2n) is 6.45. The van der Waals surface area contributed by atoms with Gasteiger partial charge < -0.3 is 10.1 Å². The molecule has 28 heavy (non-hydrogen) atoms. The van der Waals surface area contributed by atoms with Gasteiger partial charge in [-0.15, -0.1) is 17.3 Å². The second kappa shape index (κ2) is 9.91. The first-order chi connectivity index (χ1) is 13.7. The van der Waals surface area contributed by atoms with Crippen LogP contribution in [0.4, 0.5) is 5.69 Å². The summed E-state index contributed by atoms with van der Waals surface area (Å²) >= 11 is 1.59. The molecule has 1 aromatic heterocycles. The second-order valence-corrected chi connectivity index (χ2v) is 7.69. The summed E-state index contributed by atoms with van der Waals surface area (Å²) in [6, 6.07) is 13.0. The van der Waals surface area contributed by atoms with Crippen LogP contribution in [0.1, 0.15) is 48.0 Å². The van der Waals surface area contributed by atoms with Gasteiger partial charge in [-0.25, -0.2) is 4.98 Å². The van der Waals surface area contributed by atoms with Crippen molar-refractivity contribution < 1.29 is 9.53 Å². The van der Waals surface area contributed by atoms with E-state index >= 15 is 0 Å². The number of benzene rings is 2. The fourth-order valence-corrected chi connectivity index (χ4v) is 3.58. The van der Waals surface area contributed by atoms with Gasteiger partial charge in [0.1, 0.15) is 5.75 Å². The molecule has 3 rings (SSSR count). The molecule has 0 spiro atoms. The molecule has 0 saturated carbocycles. The fraction of sp³-hybridized carbons (Fsp3) is 0.304. The van der Waals surface area contributed by atoms with E-state index in [1.165, 1.54) is 6.42 Å². The number of aromatic nitrogens is 1. The normalized spacial score (nSPS) is 10.4. The lowest BCUT2D eigenvalue weighted by Gasteiger charge is -2.08. The van der Waals surface area contributed by atoms with Crippen LogP contribution in [-0.4, -0.2) is 17.5 Å². The Bertz CT molecular complexity index is 1010. The Kier molecular flexibility index (Phi) is 7.05. The SMILES string of the molecule is CCCCC#CCCOc1cccc(NC(=O)c2ccc3nc(C)sc3c2)c1. The molecule has 4 nitrogen and oxygen atoms in total. The number of aryl methyl sites for hydroxylation is 1. The van der Waals surface area contributed by atoms with E-state index in [9.17, 15) is 4.79 Å². The Morgan fingerprint density at radius 2 is 2.04 bits per heavy atom. The van der Waals surface area contributed by atoms with E-state index in [-0.39, 0.29) is 5.91 Å². The molecule has 1 amide bonds. The van der Waals surface area contributed by atoms with Crippen molar-refractivity contribution in [3.05, 3.63) is 53.0 Å². The molecule has 0 aliphatic heterocycles. The molecule has 0 aliphatic rings. The maximum atomic E-state index is 12.6. The number of fused-ring (bicyclic) bond motifs is 1. The van der Waals surface area contributed by atoms with Crippen LogP contribution in [0.15, 0.2) is 42.5 Å². The quantitative estimate of drug-likeness (QED) is 0.407. The van der Waals surface area contributed by atoms with Crippen molar-refractivity contribution in [3.8, 4) is 17.6 Å². The van der Waals surface area contributed by atoms with Crippen LogP contribution in [0.5, 0.6) is 5.75 Å². The number of anilines is 1. The Hall–Kier alpha value is -2.84. The summed E-state index contributed by atoms with van der Waals surface area (Å²) in [7, 11) is 0. The molecule has 0 aliphatic carbocycles. The summed E-state index contributed by atoms with van der Waals surface area (Å²) in [6.07, 6.45) is 3.96. The summed E-state index contributed by atoms with van der Waals surface area (Å²) in [6.45, 7) is 4.67. The lowest BCUT2D eigenvalue weighted by Crippen LogP contribution is -2.11. The third kappa shape index (κ3) is 5.58. The molecule has 0 atom stereocenters. The number of thiazole rings is 1. The standard InChI is InChI=1S/C23H24N2O2S/c1-3-4-5-6-7-8-14-27-20-11-9-10-19(16-20)25-23(26)18-12-13-21-22(15-18)28-17(2)24-21/h9-13,15-16H,3-5,8,14H2,1-2H3,(H,25,26). The van der Waals surface area contributed by atoms with Crippen molar-refractivity contribution in [2.24, 2.45) is 0 Å². The molecule has 144 valence electrons. The van der Waals surface area contributed by atoms with Crippen molar-refractivity contribution >= 4 is 33.1 Å². The summed E-state index contributed by atoms with van der Waals surface area (Å²) in [5.74, 6) is 6.86. The molecule has 5 heteroatoms. The van der Waals surface area contributed by atoms with Gasteiger partial charge in [-0.05, 0) is 43.7 Å². The van der Waals surface area contributed by atoms with Crippen LogP contribution in [0.25, 0.3) is 10.2 Å². The maximum Gasteiger partial charge on any atom is 0.255 e. The minimum absolute atomic E-state index is 0.146. The number of carbonyl (C=O) groups is 1. The monoisotopic (exact) mass is 392 g/mol. The molecular weight excluding hydrogens is 368 g/mol. The number of carbonyl (C=O) groups excluding carboxylic acids is 1. The van der Waals surface area contributed by atoms with E-state index < -0.39 is 0 Å². The first kappa shape index (κ1) is 19.9. The topological polar surface area (TPSA) is 51.2 Å².